The molecule has 1 aromatic heterocycles. The minimum atomic E-state index is -0.496. The number of fused-ring (bicyclic) bond motifs is 1. The van der Waals surface area contributed by atoms with Gasteiger partial charge in [0.15, 0.2) is 11.6 Å². The zero-order valence-electron chi connectivity index (χ0n) is 20.5. The summed E-state index contributed by atoms with van der Waals surface area (Å²) in [6, 6.07) is 25.7. The van der Waals surface area contributed by atoms with Crippen molar-refractivity contribution in [3.63, 3.8) is 0 Å². The lowest BCUT2D eigenvalue weighted by atomic mass is 10.1. The summed E-state index contributed by atoms with van der Waals surface area (Å²) in [5, 5.41) is 0. The van der Waals surface area contributed by atoms with Gasteiger partial charge in [-0.1, -0.05) is 72.8 Å². The van der Waals surface area contributed by atoms with E-state index < -0.39 is 11.9 Å². The van der Waals surface area contributed by atoms with Gasteiger partial charge in [0.2, 0.25) is 11.8 Å². The summed E-state index contributed by atoms with van der Waals surface area (Å²) in [6.07, 6.45) is 0.0644. The topological polar surface area (TPSA) is 67.8 Å². The molecule has 0 bridgehead atoms. The average molecular weight is 499 g/mol. The monoisotopic (exact) mass is 498 g/mol. The standard InChI is InChI=1S/C29H27FN4O3/c1-33(18-21-10-4-2-5-11-21)28-31-25-16-17-34(29(35)36-20-22-12-6-3-7-13-22)19-23(25)27(32-28)37-26-15-9-8-14-24(26)30/h2-15H,16-20H2,1H3. The summed E-state index contributed by atoms with van der Waals surface area (Å²) in [5.74, 6) is 0.257. The van der Waals surface area contributed by atoms with Crippen LogP contribution in [0.25, 0.3) is 0 Å². The molecule has 0 N–H and O–H groups in total. The predicted octanol–water partition coefficient (Wildman–Crippen LogP) is 5.74. The number of hydrogen-bond acceptors (Lipinski definition) is 6. The molecule has 188 valence electrons. The van der Waals surface area contributed by atoms with E-state index in [0.717, 1.165) is 16.8 Å². The lowest BCUT2D eigenvalue weighted by Crippen LogP contribution is -2.37. The number of para-hydroxylation sites is 1. The van der Waals surface area contributed by atoms with E-state index in [1.165, 1.54) is 6.07 Å². The van der Waals surface area contributed by atoms with Gasteiger partial charge in [-0.2, -0.15) is 4.98 Å². The van der Waals surface area contributed by atoms with Crippen LogP contribution in [0.1, 0.15) is 22.4 Å². The molecular weight excluding hydrogens is 471 g/mol. The molecule has 0 radical (unpaired) electrons. The molecule has 0 atom stereocenters. The zero-order chi connectivity index (χ0) is 25.6. The van der Waals surface area contributed by atoms with Gasteiger partial charge in [-0.15, -0.1) is 0 Å². The SMILES string of the molecule is CN(Cc1ccccc1)c1nc2c(c(Oc3ccccc3F)n1)CN(C(=O)OCc1ccccc1)CC2. The van der Waals surface area contributed by atoms with Crippen molar-refractivity contribution in [1.29, 1.82) is 0 Å². The number of carbonyl (C=O) groups excluding carboxylic acids is 1. The summed E-state index contributed by atoms with van der Waals surface area (Å²) in [7, 11) is 1.90. The number of amides is 1. The van der Waals surface area contributed by atoms with Crippen molar-refractivity contribution in [2.75, 3.05) is 18.5 Å². The van der Waals surface area contributed by atoms with Crippen molar-refractivity contribution in [3.05, 3.63) is 113 Å². The summed E-state index contributed by atoms with van der Waals surface area (Å²) in [6.45, 7) is 1.42. The van der Waals surface area contributed by atoms with E-state index in [0.29, 0.717) is 31.0 Å². The number of nitrogens with zero attached hydrogens (tertiary/aromatic N) is 4. The molecule has 0 saturated heterocycles. The molecule has 5 rings (SSSR count). The highest BCUT2D eigenvalue weighted by atomic mass is 19.1. The van der Waals surface area contributed by atoms with Crippen LogP contribution in [0.3, 0.4) is 0 Å². The molecule has 7 nitrogen and oxygen atoms in total. The number of hydrogen-bond donors (Lipinski definition) is 0. The van der Waals surface area contributed by atoms with E-state index in [4.69, 9.17) is 14.5 Å². The second kappa shape index (κ2) is 11.1. The van der Waals surface area contributed by atoms with Crippen molar-refractivity contribution in [1.82, 2.24) is 14.9 Å². The molecule has 0 saturated carbocycles. The molecule has 0 spiro atoms. The van der Waals surface area contributed by atoms with Crippen molar-refractivity contribution < 1.29 is 18.7 Å². The van der Waals surface area contributed by atoms with Crippen LogP contribution in [0.15, 0.2) is 84.9 Å². The third kappa shape index (κ3) is 5.86. The Hall–Kier alpha value is -4.46. The number of benzene rings is 3. The fourth-order valence-electron chi connectivity index (χ4n) is 4.15. The van der Waals surface area contributed by atoms with Gasteiger partial charge in [-0.05, 0) is 23.3 Å². The van der Waals surface area contributed by atoms with E-state index in [2.05, 4.69) is 4.98 Å². The molecule has 0 unspecified atom stereocenters. The highest BCUT2D eigenvalue weighted by molar-refractivity contribution is 5.68. The van der Waals surface area contributed by atoms with Gasteiger partial charge in [-0.3, -0.25) is 0 Å². The minimum absolute atomic E-state index is 0.0591. The Morgan fingerprint density at radius 3 is 2.35 bits per heavy atom. The number of rotatable bonds is 7. The van der Waals surface area contributed by atoms with E-state index in [1.807, 2.05) is 72.6 Å². The van der Waals surface area contributed by atoms with Crippen LogP contribution in [0.4, 0.5) is 15.1 Å². The van der Waals surface area contributed by atoms with Gasteiger partial charge in [0.25, 0.3) is 0 Å². The molecule has 0 fully saturated rings. The van der Waals surface area contributed by atoms with Crippen molar-refractivity contribution in [2.24, 2.45) is 0 Å². The summed E-state index contributed by atoms with van der Waals surface area (Å²) in [4.78, 5) is 25.8. The normalized spacial score (nSPS) is 12.5. The maximum atomic E-state index is 14.5. The van der Waals surface area contributed by atoms with Crippen LogP contribution in [0.2, 0.25) is 0 Å². The average Bonchev–Trinajstić information content (AvgIpc) is 2.93. The fourth-order valence-corrected chi connectivity index (χ4v) is 4.15. The van der Waals surface area contributed by atoms with Gasteiger partial charge >= 0.3 is 6.09 Å². The fraction of sp³-hybridized carbons (Fsp3) is 0.207. The maximum absolute atomic E-state index is 14.5. The Morgan fingerprint density at radius 2 is 1.62 bits per heavy atom. The van der Waals surface area contributed by atoms with E-state index in [9.17, 15) is 9.18 Å². The van der Waals surface area contributed by atoms with E-state index >= 15 is 0 Å². The minimum Gasteiger partial charge on any atom is -0.445 e. The molecule has 4 aromatic rings. The Bertz CT molecular complexity index is 1370. The molecular formula is C29H27FN4O3. The van der Waals surface area contributed by atoms with E-state index in [1.54, 1.807) is 23.1 Å². The van der Waals surface area contributed by atoms with Crippen molar-refractivity contribution in [3.8, 4) is 11.6 Å². The Labute approximate surface area is 215 Å². The van der Waals surface area contributed by atoms with Gasteiger partial charge in [0, 0.05) is 26.6 Å². The lowest BCUT2D eigenvalue weighted by Gasteiger charge is -2.29. The number of anilines is 1. The van der Waals surface area contributed by atoms with Gasteiger partial charge in [-0.25, -0.2) is 14.2 Å². The Kier molecular flexibility index (Phi) is 7.26. The largest absolute Gasteiger partial charge is 0.445 e. The number of aromatic nitrogens is 2. The molecule has 0 aliphatic carbocycles. The second-order valence-corrected chi connectivity index (χ2v) is 8.84. The smallest absolute Gasteiger partial charge is 0.410 e. The lowest BCUT2D eigenvalue weighted by molar-refractivity contribution is 0.0912. The highest BCUT2D eigenvalue weighted by Gasteiger charge is 2.28. The molecule has 1 amide bonds. The maximum Gasteiger partial charge on any atom is 0.410 e. The van der Waals surface area contributed by atoms with Crippen molar-refractivity contribution in [2.45, 2.75) is 26.1 Å². The Balaban J connectivity index is 1.40. The molecule has 1 aliphatic heterocycles. The second-order valence-electron chi connectivity index (χ2n) is 8.84. The van der Waals surface area contributed by atoms with Crippen LogP contribution in [-0.2, 0) is 30.9 Å². The first-order valence-corrected chi connectivity index (χ1v) is 12.1. The van der Waals surface area contributed by atoms with Gasteiger partial charge < -0.3 is 19.3 Å². The first-order chi connectivity index (χ1) is 18.1. The summed E-state index contributed by atoms with van der Waals surface area (Å²) in [5.41, 5.74) is 3.42. The first-order valence-electron chi connectivity index (χ1n) is 12.1. The molecule has 2 heterocycles. The molecule has 1 aliphatic rings. The van der Waals surface area contributed by atoms with Crippen LogP contribution >= 0.6 is 0 Å². The number of ether oxygens (including phenoxy) is 2. The highest BCUT2D eigenvalue weighted by Crippen LogP contribution is 2.32. The van der Waals surface area contributed by atoms with Gasteiger partial charge in [0.1, 0.15) is 6.61 Å². The summed E-state index contributed by atoms with van der Waals surface area (Å²) >= 11 is 0. The van der Waals surface area contributed by atoms with Crippen molar-refractivity contribution >= 4 is 12.0 Å². The molecule has 37 heavy (non-hydrogen) atoms. The zero-order valence-corrected chi connectivity index (χ0v) is 20.5. The first kappa shape index (κ1) is 24.2. The summed E-state index contributed by atoms with van der Waals surface area (Å²) < 4.78 is 26.0. The van der Waals surface area contributed by atoms with Gasteiger partial charge in [0.05, 0.1) is 17.8 Å². The number of carbonyl (C=O) groups is 1. The third-order valence-corrected chi connectivity index (χ3v) is 6.12. The predicted molar refractivity (Wildman–Crippen MR) is 138 cm³/mol. The number of halogens is 1. The molecule has 3 aromatic carbocycles. The Morgan fingerprint density at radius 1 is 0.946 bits per heavy atom. The molecule has 8 heteroatoms. The van der Waals surface area contributed by atoms with E-state index in [-0.39, 0.29) is 24.8 Å². The third-order valence-electron chi connectivity index (χ3n) is 6.12. The van der Waals surface area contributed by atoms with Crippen LogP contribution in [-0.4, -0.2) is 34.6 Å². The van der Waals surface area contributed by atoms with Crippen LogP contribution in [0, 0.1) is 5.82 Å². The van der Waals surface area contributed by atoms with Crippen LogP contribution in [0.5, 0.6) is 11.6 Å². The van der Waals surface area contributed by atoms with Crippen LogP contribution < -0.4 is 9.64 Å². The quantitative estimate of drug-likeness (QED) is 0.324.